The van der Waals surface area contributed by atoms with Crippen molar-refractivity contribution in [3.8, 4) is 11.5 Å². The Morgan fingerprint density at radius 1 is 1.29 bits per heavy atom. The average molecular weight is 199 g/mol. The Morgan fingerprint density at radius 3 is 2.43 bits per heavy atom. The van der Waals surface area contributed by atoms with Crippen LogP contribution in [0.5, 0.6) is 11.5 Å². The van der Waals surface area contributed by atoms with E-state index in [4.69, 9.17) is 15.4 Å². The molecule has 0 saturated carbocycles. The largest absolute Gasteiger partial charge is 0.507 e. The van der Waals surface area contributed by atoms with Crippen molar-refractivity contribution in [2.24, 2.45) is 0 Å². The third-order valence-corrected chi connectivity index (χ3v) is 1.70. The van der Waals surface area contributed by atoms with E-state index in [1.165, 1.54) is 0 Å². The number of aromatic hydroxyl groups is 2. The summed E-state index contributed by atoms with van der Waals surface area (Å²) in [4.78, 5) is 10.6. The minimum absolute atomic E-state index is 0.105. The summed E-state index contributed by atoms with van der Waals surface area (Å²) in [6.45, 7) is -0.105. The Balaban J connectivity index is 3.20. The van der Waals surface area contributed by atoms with Crippen LogP contribution in [0.3, 0.4) is 0 Å². The first-order valence-electron chi connectivity index (χ1n) is 3.71. The third kappa shape index (κ3) is 1.93. The van der Waals surface area contributed by atoms with E-state index in [9.17, 15) is 9.90 Å². The van der Waals surface area contributed by atoms with Gasteiger partial charge in [0, 0.05) is 18.2 Å². The molecule has 0 amide bonds. The molecule has 0 atom stereocenters. The molecule has 14 heavy (non-hydrogen) atoms. The SMILES string of the molecule is O=C(O)c1cc(CNO)c(O)cc1O. The summed E-state index contributed by atoms with van der Waals surface area (Å²) in [5.74, 6) is -2.10. The van der Waals surface area contributed by atoms with Crippen molar-refractivity contribution in [1.29, 1.82) is 0 Å². The molecule has 0 aliphatic rings. The Hall–Kier alpha value is -1.79. The first-order chi connectivity index (χ1) is 6.56. The lowest BCUT2D eigenvalue weighted by Gasteiger charge is -2.06. The van der Waals surface area contributed by atoms with Gasteiger partial charge in [-0.2, -0.15) is 0 Å². The molecule has 1 aromatic carbocycles. The highest BCUT2D eigenvalue weighted by Crippen LogP contribution is 2.27. The summed E-state index contributed by atoms with van der Waals surface area (Å²) >= 11 is 0. The van der Waals surface area contributed by atoms with Crippen LogP contribution < -0.4 is 5.48 Å². The number of rotatable bonds is 3. The molecular formula is C8H9NO5. The van der Waals surface area contributed by atoms with E-state index in [2.05, 4.69) is 0 Å². The molecule has 6 nitrogen and oxygen atoms in total. The van der Waals surface area contributed by atoms with Gasteiger partial charge in [-0.1, -0.05) is 0 Å². The molecule has 0 radical (unpaired) electrons. The summed E-state index contributed by atoms with van der Waals surface area (Å²) in [6.07, 6.45) is 0. The fourth-order valence-corrected chi connectivity index (χ4v) is 1.02. The highest BCUT2D eigenvalue weighted by atomic mass is 16.5. The molecule has 0 unspecified atom stereocenters. The molecule has 0 heterocycles. The van der Waals surface area contributed by atoms with Crippen LogP contribution in [0.2, 0.25) is 0 Å². The van der Waals surface area contributed by atoms with Gasteiger partial charge in [-0.25, -0.2) is 10.3 Å². The van der Waals surface area contributed by atoms with Gasteiger partial charge in [0.25, 0.3) is 0 Å². The van der Waals surface area contributed by atoms with Crippen LogP contribution >= 0.6 is 0 Å². The zero-order valence-corrected chi connectivity index (χ0v) is 7.06. The van der Waals surface area contributed by atoms with E-state index in [0.717, 1.165) is 12.1 Å². The van der Waals surface area contributed by atoms with Gasteiger partial charge in [-0.15, -0.1) is 0 Å². The van der Waals surface area contributed by atoms with E-state index < -0.39 is 11.7 Å². The number of carbonyl (C=O) groups is 1. The molecule has 6 heteroatoms. The van der Waals surface area contributed by atoms with E-state index in [1.807, 2.05) is 0 Å². The molecule has 0 aliphatic heterocycles. The molecule has 5 N–H and O–H groups in total. The Bertz CT molecular complexity index is 363. The third-order valence-electron chi connectivity index (χ3n) is 1.70. The van der Waals surface area contributed by atoms with Crippen molar-refractivity contribution < 1.29 is 25.3 Å². The molecule has 1 rings (SSSR count). The molecule has 1 aromatic rings. The maximum atomic E-state index is 10.6. The second-order valence-corrected chi connectivity index (χ2v) is 2.64. The predicted octanol–water partition coefficient (Wildman–Crippen LogP) is 0.275. The predicted molar refractivity (Wildman–Crippen MR) is 45.4 cm³/mol. The van der Waals surface area contributed by atoms with Gasteiger partial charge >= 0.3 is 5.97 Å². The second kappa shape index (κ2) is 3.95. The van der Waals surface area contributed by atoms with Crippen LogP contribution in [-0.4, -0.2) is 26.5 Å². The fraction of sp³-hybridized carbons (Fsp3) is 0.125. The Morgan fingerprint density at radius 2 is 1.93 bits per heavy atom. The summed E-state index contributed by atoms with van der Waals surface area (Å²) in [6, 6.07) is 1.99. The van der Waals surface area contributed by atoms with Crippen molar-refractivity contribution in [2.75, 3.05) is 0 Å². The molecule has 0 aliphatic carbocycles. The monoisotopic (exact) mass is 199 g/mol. The van der Waals surface area contributed by atoms with Crippen molar-refractivity contribution in [1.82, 2.24) is 5.48 Å². The highest BCUT2D eigenvalue weighted by molar-refractivity contribution is 5.91. The molecule has 0 bridgehead atoms. The van der Waals surface area contributed by atoms with Crippen LogP contribution in [0.25, 0.3) is 0 Å². The fourth-order valence-electron chi connectivity index (χ4n) is 1.02. The lowest BCUT2D eigenvalue weighted by molar-refractivity contribution is 0.0693. The van der Waals surface area contributed by atoms with Crippen LogP contribution in [0.4, 0.5) is 0 Å². The number of aromatic carboxylic acids is 1. The summed E-state index contributed by atoms with van der Waals surface area (Å²) in [5, 5.41) is 35.4. The number of hydroxylamine groups is 1. The number of carboxylic acids is 1. The van der Waals surface area contributed by atoms with Gasteiger partial charge in [-0.05, 0) is 6.07 Å². The molecular weight excluding hydrogens is 190 g/mol. The first kappa shape index (κ1) is 10.3. The quantitative estimate of drug-likeness (QED) is 0.447. The number of benzene rings is 1. The molecule has 76 valence electrons. The van der Waals surface area contributed by atoms with Crippen LogP contribution in [-0.2, 0) is 6.54 Å². The van der Waals surface area contributed by atoms with Crippen molar-refractivity contribution in [2.45, 2.75) is 6.54 Å². The minimum Gasteiger partial charge on any atom is -0.507 e. The Kier molecular flexibility index (Phi) is 2.90. The van der Waals surface area contributed by atoms with Gasteiger partial charge in [0.1, 0.15) is 17.1 Å². The number of hydrogen-bond acceptors (Lipinski definition) is 5. The van der Waals surface area contributed by atoms with E-state index in [0.29, 0.717) is 0 Å². The highest BCUT2D eigenvalue weighted by Gasteiger charge is 2.13. The number of phenolic OH excluding ortho intramolecular Hbond substituents is 1. The lowest BCUT2D eigenvalue weighted by Crippen LogP contribution is -2.07. The van der Waals surface area contributed by atoms with Gasteiger partial charge in [0.05, 0.1) is 0 Å². The zero-order valence-electron chi connectivity index (χ0n) is 7.06. The maximum absolute atomic E-state index is 10.6. The molecule has 0 fully saturated rings. The smallest absolute Gasteiger partial charge is 0.339 e. The molecule has 0 aromatic heterocycles. The maximum Gasteiger partial charge on any atom is 0.339 e. The second-order valence-electron chi connectivity index (χ2n) is 2.64. The normalized spacial score (nSPS) is 10.1. The van der Waals surface area contributed by atoms with Gasteiger partial charge < -0.3 is 20.5 Å². The molecule has 0 spiro atoms. The van der Waals surface area contributed by atoms with Gasteiger partial charge in [0.2, 0.25) is 0 Å². The van der Waals surface area contributed by atoms with Crippen molar-refractivity contribution in [3.05, 3.63) is 23.3 Å². The summed E-state index contributed by atoms with van der Waals surface area (Å²) in [7, 11) is 0. The van der Waals surface area contributed by atoms with Crippen LogP contribution in [0.15, 0.2) is 12.1 Å². The summed E-state index contributed by atoms with van der Waals surface area (Å²) < 4.78 is 0. The zero-order chi connectivity index (χ0) is 10.7. The number of carboxylic acid groups (broad SMARTS) is 1. The first-order valence-corrected chi connectivity index (χ1v) is 3.71. The van der Waals surface area contributed by atoms with Gasteiger partial charge in [0.15, 0.2) is 0 Å². The van der Waals surface area contributed by atoms with Crippen molar-refractivity contribution >= 4 is 5.97 Å². The summed E-state index contributed by atoms with van der Waals surface area (Å²) in [5.41, 5.74) is 1.63. The average Bonchev–Trinajstić information content (AvgIpc) is 2.09. The van der Waals surface area contributed by atoms with Crippen LogP contribution in [0.1, 0.15) is 15.9 Å². The minimum atomic E-state index is -1.30. The van der Waals surface area contributed by atoms with E-state index >= 15 is 0 Å². The molecule has 0 saturated heterocycles. The van der Waals surface area contributed by atoms with E-state index in [1.54, 1.807) is 5.48 Å². The lowest BCUT2D eigenvalue weighted by atomic mass is 10.1. The standard InChI is InChI=1S/C8H9NO5/c10-6-2-7(11)5(8(12)13)1-4(6)3-9-14/h1-2,9-11,14H,3H2,(H,12,13). The van der Waals surface area contributed by atoms with E-state index in [-0.39, 0.29) is 23.4 Å². The van der Waals surface area contributed by atoms with Crippen LogP contribution in [0, 0.1) is 0 Å². The number of phenols is 2. The van der Waals surface area contributed by atoms with Crippen molar-refractivity contribution in [3.63, 3.8) is 0 Å². The topological polar surface area (TPSA) is 110 Å². The van der Waals surface area contributed by atoms with Gasteiger partial charge in [-0.3, -0.25) is 0 Å². The number of nitrogens with one attached hydrogen (secondary N) is 1. The Labute approximate surface area is 79.0 Å². The number of hydrogen-bond donors (Lipinski definition) is 5.